The molecule has 0 aliphatic carbocycles. The van der Waals surface area contributed by atoms with Crippen LogP contribution in [0.4, 0.5) is 15.9 Å². The maximum absolute atomic E-state index is 13.0. The number of aromatic carboxylic acids is 1. The van der Waals surface area contributed by atoms with Crippen LogP contribution in [0.5, 0.6) is 11.5 Å². The lowest BCUT2D eigenvalue weighted by Crippen LogP contribution is -2.13. The Labute approximate surface area is 194 Å². The summed E-state index contributed by atoms with van der Waals surface area (Å²) in [6, 6.07) is 26.0. The minimum Gasteiger partial charge on any atom is -0.477 e. The van der Waals surface area contributed by atoms with Gasteiger partial charge in [-0.05, 0) is 71.8 Å². The lowest BCUT2D eigenvalue weighted by molar-refractivity contribution is -0.191. The van der Waals surface area contributed by atoms with Crippen molar-refractivity contribution in [3.63, 3.8) is 0 Å². The molecule has 1 aromatic heterocycles. The summed E-state index contributed by atoms with van der Waals surface area (Å²) in [6.07, 6.45) is 0.250. The standard InChI is InChI=1S/C25H19FN2O3.CO2/c1-28(20-5-3-2-4-6-20)24-16-18(15-23(27-24)25(29)30)17-7-11-21(12-8-17)31-22-13-9-19(26)10-14-22;2-1-3/h2-16H,1H3,(H,29,30);. The summed E-state index contributed by atoms with van der Waals surface area (Å²) >= 11 is 0. The minimum atomic E-state index is -1.10. The van der Waals surface area contributed by atoms with Crippen LogP contribution in [-0.2, 0) is 9.59 Å². The number of carbonyl (C=O) groups is 1. The molecule has 0 atom stereocenters. The van der Waals surface area contributed by atoms with Crippen molar-refractivity contribution in [2.24, 2.45) is 0 Å². The number of hydrogen-bond donors (Lipinski definition) is 1. The van der Waals surface area contributed by atoms with Crippen molar-refractivity contribution in [3.05, 3.63) is 103 Å². The van der Waals surface area contributed by atoms with Crippen LogP contribution in [0.1, 0.15) is 10.5 Å². The van der Waals surface area contributed by atoms with Crippen LogP contribution < -0.4 is 9.64 Å². The molecule has 0 fully saturated rings. The summed E-state index contributed by atoms with van der Waals surface area (Å²) in [6.45, 7) is 0. The van der Waals surface area contributed by atoms with Crippen LogP contribution in [0.25, 0.3) is 11.1 Å². The Morgan fingerprint density at radius 2 is 1.44 bits per heavy atom. The van der Waals surface area contributed by atoms with Gasteiger partial charge < -0.3 is 14.7 Å². The van der Waals surface area contributed by atoms with E-state index < -0.39 is 5.97 Å². The van der Waals surface area contributed by atoms with Crippen LogP contribution in [0, 0.1) is 5.82 Å². The van der Waals surface area contributed by atoms with Crippen LogP contribution in [0.2, 0.25) is 0 Å². The molecule has 0 saturated carbocycles. The van der Waals surface area contributed by atoms with Crippen molar-refractivity contribution in [3.8, 4) is 22.6 Å². The van der Waals surface area contributed by atoms with E-state index in [2.05, 4.69) is 4.98 Å². The first kappa shape index (κ1) is 23.8. The van der Waals surface area contributed by atoms with Crippen molar-refractivity contribution in [2.45, 2.75) is 0 Å². The maximum atomic E-state index is 13.0. The SMILES string of the molecule is CN(c1ccccc1)c1cc(-c2ccc(Oc3ccc(F)cc3)cc2)cc(C(=O)O)n1.O=C=O. The van der Waals surface area contributed by atoms with Gasteiger partial charge in [-0.15, -0.1) is 0 Å². The summed E-state index contributed by atoms with van der Waals surface area (Å²) in [7, 11) is 1.84. The number of pyridine rings is 1. The van der Waals surface area contributed by atoms with Gasteiger partial charge in [-0.3, -0.25) is 0 Å². The third-order valence-corrected chi connectivity index (χ3v) is 4.76. The third-order valence-electron chi connectivity index (χ3n) is 4.76. The molecule has 4 aromatic rings. The Morgan fingerprint density at radius 3 is 2.00 bits per heavy atom. The average molecular weight is 458 g/mol. The highest BCUT2D eigenvalue weighted by molar-refractivity contribution is 5.88. The van der Waals surface area contributed by atoms with E-state index in [4.69, 9.17) is 14.3 Å². The smallest absolute Gasteiger partial charge is 0.373 e. The highest BCUT2D eigenvalue weighted by Gasteiger charge is 2.14. The molecule has 0 bridgehead atoms. The molecular formula is C26H19FN2O5. The Bertz CT molecular complexity index is 1290. The molecule has 8 heteroatoms. The number of hydrogen-bond acceptors (Lipinski definition) is 6. The van der Waals surface area contributed by atoms with E-state index in [9.17, 15) is 14.3 Å². The molecule has 7 nitrogen and oxygen atoms in total. The molecule has 1 N–H and O–H groups in total. The predicted molar refractivity (Wildman–Crippen MR) is 123 cm³/mol. The quantitative estimate of drug-likeness (QED) is 0.404. The molecule has 4 rings (SSSR count). The van der Waals surface area contributed by atoms with E-state index in [1.165, 1.54) is 12.1 Å². The number of ether oxygens (including phenoxy) is 1. The summed E-state index contributed by atoms with van der Waals surface area (Å²) in [5.74, 6) is 0.210. The first-order valence-electron chi connectivity index (χ1n) is 9.98. The van der Waals surface area contributed by atoms with Gasteiger partial charge in [0, 0.05) is 12.7 Å². The van der Waals surface area contributed by atoms with E-state index >= 15 is 0 Å². The number of anilines is 2. The van der Waals surface area contributed by atoms with Crippen LogP contribution in [0.15, 0.2) is 91.0 Å². The number of carbonyl (C=O) groups excluding carboxylic acids is 2. The number of halogens is 1. The first-order chi connectivity index (χ1) is 16.4. The van der Waals surface area contributed by atoms with Crippen molar-refractivity contribution < 1.29 is 28.6 Å². The minimum absolute atomic E-state index is 0.0399. The molecule has 1 heterocycles. The van der Waals surface area contributed by atoms with Crippen molar-refractivity contribution in [1.29, 1.82) is 0 Å². The molecule has 34 heavy (non-hydrogen) atoms. The van der Waals surface area contributed by atoms with Crippen LogP contribution in [0.3, 0.4) is 0 Å². The van der Waals surface area contributed by atoms with Gasteiger partial charge in [-0.2, -0.15) is 9.59 Å². The number of benzene rings is 3. The highest BCUT2D eigenvalue weighted by atomic mass is 19.1. The first-order valence-corrected chi connectivity index (χ1v) is 9.98. The molecule has 3 aromatic carbocycles. The van der Waals surface area contributed by atoms with Crippen molar-refractivity contribution in [2.75, 3.05) is 11.9 Å². The summed E-state index contributed by atoms with van der Waals surface area (Å²) in [5, 5.41) is 9.53. The van der Waals surface area contributed by atoms with E-state index in [1.807, 2.05) is 60.5 Å². The maximum Gasteiger partial charge on any atom is 0.373 e. The van der Waals surface area contributed by atoms with E-state index in [0.717, 1.165) is 16.8 Å². The predicted octanol–water partition coefficient (Wildman–Crippen LogP) is 5.56. The number of aromatic nitrogens is 1. The number of carboxylic acid groups (broad SMARTS) is 1. The number of rotatable bonds is 6. The Morgan fingerprint density at radius 1 is 0.882 bits per heavy atom. The second-order valence-electron chi connectivity index (χ2n) is 6.96. The molecule has 0 saturated heterocycles. The highest BCUT2D eigenvalue weighted by Crippen LogP contribution is 2.30. The second-order valence-corrected chi connectivity index (χ2v) is 6.96. The molecule has 0 aliphatic rings. The molecule has 0 radical (unpaired) electrons. The van der Waals surface area contributed by atoms with E-state index in [0.29, 0.717) is 17.3 Å². The molecule has 0 unspecified atom stereocenters. The Hall–Kier alpha value is -4.81. The van der Waals surface area contributed by atoms with Gasteiger partial charge in [0.2, 0.25) is 0 Å². The fourth-order valence-electron chi connectivity index (χ4n) is 3.10. The Balaban J connectivity index is 0.00000103. The fourth-order valence-corrected chi connectivity index (χ4v) is 3.10. The lowest BCUT2D eigenvalue weighted by atomic mass is 10.1. The van der Waals surface area contributed by atoms with Gasteiger partial charge in [-0.1, -0.05) is 30.3 Å². The van der Waals surface area contributed by atoms with Gasteiger partial charge in [0.1, 0.15) is 23.1 Å². The van der Waals surface area contributed by atoms with E-state index in [-0.39, 0.29) is 17.7 Å². The number of carboxylic acids is 1. The number of para-hydroxylation sites is 1. The summed E-state index contributed by atoms with van der Waals surface area (Å²) < 4.78 is 18.8. The summed E-state index contributed by atoms with van der Waals surface area (Å²) in [4.78, 5) is 34.0. The van der Waals surface area contributed by atoms with Gasteiger partial charge >= 0.3 is 12.1 Å². The largest absolute Gasteiger partial charge is 0.477 e. The van der Waals surface area contributed by atoms with Gasteiger partial charge in [0.25, 0.3) is 0 Å². The topological polar surface area (TPSA) is 96.8 Å². The van der Waals surface area contributed by atoms with Crippen molar-refractivity contribution in [1.82, 2.24) is 4.98 Å². The second kappa shape index (κ2) is 11.2. The zero-order valence-electron chi connectivity index (χ0n) is 18.0. The summed E-state index contributed by atoms with van der Waals surface area (Å²) in [5.41, 5.74) is 2.39. The lowest BCUT2D eigenvalue weighted by Gasteiger charge is -2.19. The molecular weight excluding hydrogens is 439 g/mol. The molecule has 0 aliphatic heterocycles. The molecule has 0 spiro atoms. The fraction of sp³-hybridized carbons (Fsp3) is 0.0385. The van der Waals surface area contributed by atoms with E-state index in [1.54, 1.807) is 30.3 Å². The van der Waals surface area contributed by atoms with Crippen molar-refractivity contribution >= 4 is 23.6 Å². The normalized spacial score (nSPS) is 9.82. The Kier molecular flexibility index (Phi) is 7.84. The zero-order chi connectivity index (χ0) is 24.5. The monoisotopic (exact) mass is 458 g/mol. The zero-order valence-corrected chi connectivity index (χ0v) is 18.0. The van der Waals surface area contributed by atoms with Crippen LogP contribution >= 0.6 is 0 Å². The third kappa shape index (κ3) is 6.12. The molecule has 0 amide bonds. The van der Waals surface area contributed by atoms with Crippen LogP contribution in [-0.4, -0.2) is 29.3 Å². The van der Waals surface area contributed by atoms with Gasteiger partial charge in [-0.25, -0.2) is 14.2 Å². The average Bonchev–Trinajstić information content (AvgIpc) is 2.86. The van der Waals surface area contributed by atoms with Gasteiger partial charge in [0.05, 0.1) is 0 Å². The van der Waals surface area contributed by atoms with Gasteiger partial charge in [0.15, 0.2) is 5.69 Å². The number of nitrogens with zero attached hydrogens (tertiary/aromatic N) is 2. The molecule has 170 valence electrons.